The minimum atomic E-state index is -0.726. The van der Waals surface area contributed by atoms with Crippen LogP contribution in [0.15, 0.2) is 59.9 Å². The Bertz CT molecular complexity index is 1530. The number of fused-ring (bicyclic) bond motifs is 3. The number of imidazole rings is 1. The first-order chi connectivity index (χ1) is 17.9. The Morgan fingerprint density at radius 2 is 1.92 bits per heavy atom. The van der Waals surface area contributed by atoms with Crippen molar-refractivity contribution in [3.8, 4) is 5.75 Å². The maximum absolute atomic E-state index is 14.1. The molecule has 3 heterocycles. The lowest BCUT2D eigenvalue weighted by Crippen LogP contribution is -2.38. The van der Waals surface area contributed by atoms with Crippen LogP contribution in [0.5, 0.6) is 5.75 Å². The van der Waals surface area contributed by atoms with E-state index in [-0.39, 0.29) is 11.4 Å². The molecule has 1 unspecified atom stereocenters. The van der Waals surface area contributed by atoms with E-state index in [1.165, 1.54) is 11.3 Å². The van der Waals surface area contributed by atoms with Gasteiger partial charge in [-0.1, -0.05) is 49.4 Å². The fraction of sp³-hybridized carbons (Fsp3) is 0.321. The number of ketones is 1. The van der Waals surface area contributed by atoms with E-state index in [0.29, 0.717) is 34.2 Å². The molecule has 1 N–H and O–H groups in total. The summed E-state index contributed by atoms with van der Waals surface area (Å²) in [6, 6.07) is 14.4. The molecule has 9 heteroatoms. The second kappa shape index (κ2) is 9.99. The van der Waals surface area contributed by atoms with Crippen molar-refractivity contribution in [1.29, 1.82) is 0 Å². The number of amides is 1. The summed E-state index contributed by atoms with van der Waals surface area (Å²) in [6.07, 6.45) is 0. The van der Waals surface area contributed by atoms with E-state index in [1.807, 2.05) is 59.9 Å². The van der Waals surface area contributed by atoms with Crippen LogP contribution in [-0.4, -0.2) is 69.3 Å². The molecule has 0 radical (unpaired) electrons. The third kappa shape index (κ3) is 4.18. The van der Waals surface area contributed by atoms with Gasteiger partial charge >= 0.3 is 0 Å². The number of nitrogens with zero attached hydrogens (tertiary/aromatic N) is 4. The molecule has 0 spiro atoms. The van der Waals surface area contributed by atoms with Crippen molar-refractivity contribution < 1.29 is 19.4 Å². The first kappa shape index (κ1) is 25.0. The van der Waals surface area contributed by atoms with Gasteiger partial charge in [0.1, 0.15) is 5.75 Å². The zero-order valence-electron chi connectivity index (χ0n) is 21.4. The van der Waals surface area contributed by atoms with Crippen molar-refractivity contribution >= 4 is 39.0 Å². The number of para-hydroxylation sites is 2. The summed E-state index contributed by atoms with van der Waals surface area (Å²) >= 11 is 1.27. The summed E-state index contributed by atoms with van der Waals surface area (Å²) in [6.45, 7) is 8.70. The Morgan fingerprint density at radius 1 is 1.16 bits per heavy atom. The minimum Gasteiger partial charge on any atom is -0.503 e. The van der Waals surface area contributed by atoms with Crippen LogP contribution in [0, 0.1) is 6.92 Å². The van der Waals surface area contributed by atoms with Crippen molar-refractivity contribution in [2.75, 3.05) is 33.3 Å². The van der Waals surface area contributed by atoms with Crippen LogP contribution >= 0.6 is 11.3 Å². The van der Waals surface area contributed by atoms with Gasteiger partial charge < -0.3 is 19.6 Å². The first-order valence-electron chi connectivity index (χ1n) is 12.4. The third-order valence-corrected chi connectivity index (χ3v) is 8.24. The fourth-order valence-corrected chi connectivity index (χ4v) is 6.15. The largest absolute Gasteiger partial charge is 0.503 e. The van der Waals surface area contributed by atoms with Gasteiger partial charge in [0.25, 0.3) is 5.91 Å². The number of aromatic nitrogens is 2. The molecular formula is C28H30N4O4S. The van der Waals surface area contributed by atoms with E-state index in [4.69, 9.17) is 4.74 Å². The van der Waals surface area contributed by atoms with Crippen molar-refractivity contribution in [1.82, 2.24) is 19.2 Å². The Balaban J connectivity index is 1.60. The number of carbonyl (C=O) groups excluding carboxylic acids is 2. The molecule has 1 aliphatic rings. The van der Waals surface area contributed by atoms with Gasteiger partial charge in [0.2, 0.25) is 5.78 Å². The number of thiazole rings is 1. The fourth-order valence-electron chi connectivity index (χ4n) is 5.06. The molecule has 0 saturated carbocycles. The van der Waals surface area contributed by atoms with Crippen molar-refractivity contribution in [2.24, 2.45) is 0 Å². The number of likely N-dealkylation sites (N-methyl/N-ethyl adjacent to an activating group) is 1. The quantitative estimate of drug-likeness (QED) is 0.321. The van der Waals surface area contributed by atoms with Crippen LogP contribution in [0.25, 0.3) is 16.0 Å². The summed E-state index contributed by atoms with van der Waals surface area (Å²) in [5.74, 6) is -0.773. The van der Waals surface area contributed by atoms with Crippen LogP contribution in [-0.2, 0) is 4.79 Å². The number of carbonyl (C=O) groups is 2. The number of ether oxygens (including phenoxy) is 1. The Morgan fingerprint density at radius 3 is 2.65 bits per heavy atom. The lowest BCUT2D eigenvalue weighted by atomic mass is 9.95. The predicted molar refractivity (Wildman–Crippen MR) is 145 cm³/mol. The number of methoxy groups -OCH3 is 1. The number of hydrogen-bond donors (Lipinski definition) is 1. The summed E-state index contributed by atoms with van der Waals surface area (Å²) in [7, 11) is 1.57. The molecule has 2 aromatic heterocycles. The molecule has 0 fully saturated rings. The number of aryl methyl sites for hydroxylation is 1. The molecule has 0 saturated heterocycles. The van der Waals surface area contributed by atoms with E-state index >= 15 is 0 Å². The second-order valence-corrected chi connectivity index (χ2v) is 10.0. The molecule has 1 aliphatic heterocycles. The zero-order chi connectivity index (χ0) is 26.3. The molecule has 0 bridgehead atoms. The molecule has 2 aromatic carbocycles. The molecular weight excluding hydrogens is 488 g/mol. The molecule has 1 amide bonds. The highest BCUT2D eigenvalue weighted by atomic mass is 32.1. The standard InChI is InChI=1S/C28H30N4O4S/c1-5-30(6-2)14-15-31-23(18-10-9-11-19(16-18)36-4)22(25(34)27(31)35)24(33)26-17(3)32-21-13-8-7-12-20(21)29-28(32)37-26/h7-13,16,23,34H,5-6,14-15H2,1-4H3. The maximum atomic E-state index is 14.1. The average molecular weight is 519 g/mol. The first-order valence-corrected chi connectivity index (χ1v) is 13.2. The Hall–Kier alpha value is -3.69. The van der Waals surface area contributed by atoms with E-state index in [0.717, 1.165) is 29.8 Å². The zero-order valence-corrected chi connectivity index (χ0v) is 22.2. The average Bonchev–Trinajstić information content (AvgIpc) is 3.53. The van der Waals surface area contributed by atoms with Gasteiger partial charge in [-0.15, -0.1) is 0 Å². The van der Waals surface area contributed by atoms with Crippen molar-refractivity contribution in [3.05, 3.63) is 76.0 Å². The molecule has 8 nitrogen and oxygen atoms in total. The summed E-state index contributed by atoms with van der Waals surface area (Å²) in [4.78, 5) is 37.1. The van der Waals surface area contributed by atoms with Gasteiger partial charge in [-0.2, -0.15) is 0 Å². The van der Waals surface area contributed by atoms with Gasteiger partial charge in [-0.3, -0.25) is 14.0 Å². The van der Waals surface area contributed by atoms with E-state index in [1.54, 1.807) is 12.0 Å². The molecule has 4 aromatic rings. The van der Waals surface area contributed by atoms with Crippen LogP contribution in [0.3, 0.4) is 0 Å². The SMILES string of the molecule is CCN(CC)CCN1C(=O)C(O)=C(C(=O)c2sc3nc4ccccc4n3c2C)C1c1cccc(OC)c1. The van der Waals surface area contributed by atoms with Crippen molar-refractivity contribution in [3.63, 3.8) is 0 Å². The minimum absolute atomic E-state index is 0.0923. The number of Topliss-reactive ketones (excluding diaryl/α,β-unsaturated/α-hetero) is 1. The number of rotatable bonds is 9. The molecule has 192 valence electrons. The van der Waals surface area contributed by atoms with E-state index in [9.17, 15) is 14.7 Å². The van der Waals surface area contributed by atoms with Gasteiger partial charge in [0.05, 0.1) is 34.6 Å². The Labute approximate surface area is 219 Å². The van der Waals surface area contributed by atoms with Crippen molar-refractivity contribution in [2.45, 2.75) is 26.8 Å². The molecule has 5 rings (SSSR count). The summed E-state index contributed by atoms with van der Waals surface area (Å²) in [5.41, 5.74) is 3.30. The highest BCUT2D eigenvalue weighted by molar-refractivity contribution is 7.19. The monoisotopic (exact) mass is 518 g/mol. The lowest BCUT2D eigenvalue weighted by molar-refractivity contribution is -0.129. The number of aliphatic hydroxyl groups excluding tert-OH is 1. The normalized spacial score (nSPS) is 16.1. The molecule has 1 atom stereocenters. The van der Waals surface area contributed by atoms with Gasteiger partial charge in [0, 0.05) is 18.8 Å². The van der Waals surface area contributed by atoms with Crippen LogP contribution < -0.4 is 4.74 Å². The highest BCUT2D eigenvalue weighted by Gasteiger charge is 2.44. The predicted octanol–water partition coefficient (Wildman–Crippen LogP) is 4.79. The highest BCUT2D eigenvalue weighted by Crippen LogP contribution is 2.41. The summed E-state index contributed by atoms with van der Waals surface area (Å²) < 4.78 is 7.38. The number of benzene rings is 2. The lowest BCUT2D eigenvalue weighted by Gasteiger charge is -2.29. The number of aliphatic hydroxyl groups is 1. The third-order valence-electron chi connectivity index (χ3n) is 7.10. The van der Waals surface area contributed by atoms with Crippen LogP contribution in [0.2, 0.25) is 0 Å². The van der Waals surface area contributed by atoms with E-state index < -0.39 is 17.7 Å². The van der Waals surface area contributed by atoms with Gasteiger partial charge in [-0.05, 0) is 49.8 Å². The van der Waals surface area contributed by atoms with Crippen LogP contribution in [0.1, 0.15) is 40.8 Å². The smallest absolute Gasteiger partial charge is 0.290 e. The maximum Gasteiger partial charge on any atom is 0.290 e. The topological polar surface area (TPSA) is 87.4 Å². The van der Waals surface area contributed by atoms with Gasteiger partial charge in [0.15, 0.2) is 10.7 Å². The molecule has 37 heavy (non-hydrogen) atoms. The summed E-state index contributed by atoms with van der Waals surface area (Å²) in [5, 5.41) is 11.1. The van der Waals surface area contributed by atoms with Gasteiger partial charge in [-0.25, -0.2) is 4.98 Å². The second-order valence-electron chi connectivity index (χ2n) is 9.03. The van der Waals surface area contributed by atoms with Crippen LogP contribution in [0.4, 0.5) is 0 Å². The molecule has 0 aliphatic carbocycles. The number of hydrogen-bond acceptors (Lipinski definition) is 7. The van der Waals surface area contributed by atoms with E-state index in [2.05, 4.69) is 23.7 Å². The Kier molecular flexibility index (Phi) is 6.74.